The summed E-state index contributed by atoms with van der Waals surface area (Å²) in [4.78, 5) is 0. The average molecular weight is 248 g/mol. The fourth-order valence-electron chi connectivity index (χ4n) is 1.99. The fourth-order valence-corrected chi connectivity index (χ4v) is 2.37. The first-order valence-electron chi connectivity index (χ1n) is 6.12. The maximum Gasteiger partial charge on any atom is 0.0483 e. The van der Waals surface area contributed by atoms with Crippen molar-refractivity contribution in [2.24, 2.45) is 0 Å². The van der Waals surface area contributed by atoms with Crippen LogP contribution in [-0.4, -0.2) is 23.1 Å². The minimum atomic E-state index is 0.958. The quantitative estimate of drug-likeness (QED) is 0.846. The molecule has 0 atom stereocenters. The van der Waals surface area contributed by atoms with Crippen LogP contribution in [0, 0.1) is 0 Å². The van der Waals surface area contributed by atoms with Crippen molar-refractivity contribution in [2.75, 3.05) is 18.6 Å². The van der Waals surface area contributed by atoms with Gasteiger partial charge in [0.25, 0.3) is 0 Å². The smallest absolute Gasteiger partial charge is 0.0483 e. The molecule has 2 nitrogen and oxygen atoms in total. The molecule has 3 heteroatoms. The van der Waals surface area contributed by atoms with Crippen LogP contribution in [0.15, 0.2) is 30.5 Å². The second-order valence-corrected chi connectivity index (χ2v) is 5.16. The van der Waals surface area contributed by atoms with E-state index >= 15 is 0 Å². The molecule has 0 amide bonds. The van der Waals surface area contributed by atoms with Crippen molar-refractivity contribution in [3.05, 3.63) is 36.0 Å². The molecule has 0 bridgehead atoms. The van der Waals surface area contributed by atoms with Gasteiger partial charge in [0.15, 0.2) is 0 Å². The van der Waals surface area contributed by atoms with Crippen molar-refractivity contribution in [1.82, 2.24) is 9.88 Å². The Bertz CT molecular complexity index is 476. The van der Waals surface area contributed by atoms with Gasteiger partial charge in [0, 0.05) is 30.6 Å². The van der Waals surface area contributed by atoms with Crippen LogP contribution in [0.25, 0.3) is 10.9 Å². The molecule has 2 aromatic rings. The number of benzene rings is 1. The van der Waals surface area contributed by atoms with Crippen LogP contribution in [0.5, 0.6) is 0 Å². The molecular formula is C14H20N2S. The van der Waals surface area contributed by atoms with Crippen molar-refractivity contribution in [1.29, 1.82) is 0 Å². The van der Waals surface area contributed by atoms with Crippen LogP contribution in [0.2, 0.25) is 0 Å². The van der Waals surface area contributed by atoms with Crippen LogP contribution >= 0.6 is 11.8 Å². The minimum Gasteiger partial charge on any atom is -0.347 e. The summed E-state index contributed by atoms with van der Waals surface area (Å²) in [6.45, 7) is 5.21. The summed E-state index contributed by atoms with van der Waals surface area (Å²) in [5.41, 5.74) is 2.72. The average Bonchev–Trinajstić information content (AvgIpc) is 2.76. The van der Waals surface area contributed by atoms with Crippen LogP contribution in [0.1, 0.15) is 12.5 Å². The lowest BCUT2D eigenvalue weighted by Gasteiger charge is -2.06. The summed E-state index contributed by atoms with van der Waals surface area (Å²) in [5.74, 6) is 1.17. The molecule has 0 aliphatic rings. The fraction of sp³-hybridized carbons (Fsp3) is 0.429. The van der Waals surface area contributed by atoms with E-state index in [2.05, 4.69) is 53.5 Å². The molecule has 0 radical (unpaired) electrons. The number of thioether (sulfide) groups is 1. The maximum absolute atomic E-state index is 3.37. The van der Waals surface area contributed by atoms with E-state index in [1.165, 1.54) is 22.2 Å². The van der Waals surface area contributed by atoms with Gasteiger partial charge in [-0.05, 0) is 35.9 Å². The van der Waals surface area contributed by atoms with Gasteiger partial charge in [-0.3, -0.25) is 0 Å². The van der Waals surface area contributed by atoms with Gasteiger partial charge in [0.05, 0.1) is 0 Å². The normalized spacial score (nSPS) is 11.2. The van der Waals surface area contributed by atoms with Gasteiger partial charge in [-0.25, -0.2) is 0 Å². The number of hydrogen-bond donors (Lipinski definition) is 1. The first-order chi connectivity index (χ1) is 8.35. The number of nitrogens with one attached hydrogen (secondary N) is 1. The lowest BCUT2D eigenvalue weighted by molar-refractivity contribution is 0.726. The Kier molecular flexibility index (Phi) is 4.51. The number of aryl methyl sites for hydroxylation is 1. The van der Waals surface area contributed by atoms with E-state index in [4.69, 9.17) is 0 Å². The zero-order valence-electron chi connectivity index (χ0n) is 10.6. The highest BCUT2D eigenvalue weighted by molar-refractivity contribution is 7.98. The summed E-state index contributed by atoms with van der Waals surface area (Å²) in [6, 6.07) is 8.94. The van der Waals surface area contributed by atoms with Crippen molar-refractivity contribution < 1.29 is 0 Å². The van der Waals surface area contributed by atoms with Crippen molar-refractivity contribution in [3.8, 4) is 0 Å². The van der Waals surface area contributed by atoms with Gasteiger partial charge in [-0.2, -0.15) is 11.8 Å². The van der Waals surface area contributed by atoms with E-state index in [9.17, 15) is 0 Å². The van der Waals surface area contributed by atoms with Gasteiger partial charge in [0.1, 0.15) is 0 Å². The first-order valence-corrected chi connectivity index (χ1v) is 7.52. The van der Waals surface area contributed by atoms with E-state index < -0.39 is 0 Å². The zero-order chi connectivity index (χ0) is 12.1. The first kappa shape index (κ1) is 12.5. The van der Waals surface area contributed by atoms with Crippen LogP contribution in [0.4, 0.5) is 0 Å². The Morgan fingerprint density at radius 3 is 2.94 bits per heavy atom. The molecule has 0 spiro atoms. The van der Waals surface area contributed by atoms with Crippen molar-refractivity contribution in [2.45, 2.75) is 20.0 Å². The van der Waals surface area contributed by atoms with Crippen LogP contribution < -0.4 is 5.32 Å². The predicted molar refractivity (Wildman–Crippen MR) is 77.7 cm³/mol. The number of rotatable bonds is 6. The van der Waals surface area contributed by atoms with Crippen molar-refractivity contribution in [3.63, 3.8) is 0 Å². The molecule has 0 unspecified atom stereocenters. The van der Waals surface area contributed by atoms with Gasteiger partial charge in [-0.1, -0.05) is 19.1 Å². The van der Waals surface area contributed by atoms with E-state index in [1.54, 1.807) is 0 Å². The maximum atomic E-state index is 3.37. The lowest BCUT2D eigenvalue weighted by Crippen LogP contribution is -2.11. The summed E-state index contributed by atoms with van der Waals surface area (Å²) < 4.78 is 2.35. The monoisotopic (exact) mass is 248 g/mol. The third kappa shape index (κ3) is 3.05. The lowest BCUT2D eigenvalue weighted by atomic mass is 10.1. The Labute approximate surface area is 107 Å². The van der Waals surface area contributed by atoms with Crippen molar-refractivity contribution >= 4 is 22.7 Å². The zero-order valence-corrected chi connectivity index (χ0v) is 11.4. The van der Waals surface area contributed by atoms with Crippen LogP contribution in [-0.2, 0) is 13.1 Å². The molecule has 17 heavy (non-hydrogen) atoms. The van der Waals surface area contributed by atoms with E-state index in [1.807, 2.05) is 11.8 Å². The molecule has 0 saturated carbocycles. The Balaban J connectivity index is 2.23. The number of hydrogen-bond acceptors (Lipinski definition) is 2. The SMILES string of the molecule is CCNCc1ccc2ccn(CCSC)c2c1. The molecule has 1 aromatic heterocycles. The summed E-state index contributed by atoms with van der Waals surface area (Å²) in [7, 11) is 0. The molecule has 0 fully saturated rings. The Hall–Kier alpha value is -0.930. The van der Waals surface area contributed by atoms with E-state index in [0.29, 0.717) is 0 Å². The third-order valence-electron chi connectivity index (χ3n) is 2.95. The number of fused-ring (bicyclic) bond motifs is 1. The van der Waals surface area contributed by atoms with E-state index in [0.717, 1.165) is 19.6 Å². The molecule has 1 aromatic carbocycles. The summed E-state index contributed by atoms with van der Waals surface area (Å²) in [5, 5.41) is 4.71. The Morgan fingerprint density at radius 1 is 1.29 bits per heavy atom. The topological polar surface area (TPSA) is 17.0 Å². The van der Waals surface area contributed by atoms with Gasteiger partial charge in [0.2, 0.25) is 0 Å². The van der Waals surface area contributed by atoms with Gasteiger partial charge in [-0.15, -0.1) is 0 Å². The largest absolute Gasteiger partial charge is 0.347 e. The highest BCUT2D eigenvalue weighted by atomic mass is 32.2. The Morgan fingerprint density at radius 2 is 2.18 bits per heavy atom. The summed E-state index contributed by atoms with van der Waals surface area (Å²) in [6.07, 6.45) is 4.35. The minimum absolute atomic E-state index is 0.958. The van der Waals surface area contributed by atoms with Crippen LogP contribution in [0.3, 0.4) is 0 Å². The molecule has 0 aliphatic heterocycles. The molecule has 0 aliphatic carbocycles. The second kappa shape index (κ2) is 6.12. The highest BCUT2D eigenvalue weighted by Crippen LogP contribution is 2.18. The third-order valence-corrected chi connectivity index (χ3v) is 3.54. The number of aromatic nitrogens is 1. The standard InChI is InChI=1S/C14H20N2S/c1-3-15-11-12-4-5-13-6-7-16(8-9-17-2)14(13)10-12/h4-7,10,15H,3,8-9,11H2,1-2H3. The molecular weight excluding hydrogens is 228 g/mol. The highest BCUT2D eigenvalue weighted by Gasteiger charge is 2.02. The molecule has 92 valence electrons. The summed E-state index contributed by atoms with van der Waals surface area (Å²) >= 11 is 1.89. The number of nitrogens with zero attached hydrogens (tertiary/aromatic N) is 1. The van der Waals surface area contributed by atoms with Gasteiger partial charge >= 0.3 is 0 Å². The van der Waals surface area contributed by atoms with E-state index in [-0.39, 0.29) is 0 Å². The van der Waals surface area contributed by atoms with Gasteiger partial charge < -0.3 is 9.88 Å². The molecule has 1 N–H and O–H groups in total. The molecule has 1 heterocycles. The predicted octanol–water partition coefficient (Wildman–Crippen LogP) is 3.11. The molecule has 0 saturated heterocycles. The second-order valence-electron chi connectivity index (χ2n) is 4.18. The molecule has 2 rings (SSSR count).